The predicted octanol–water partition coefficient (Wildman–Crippen LogP) is 3.14. The number of nitrogens with zero attached hydrogens (tertiary/aromatic N) is 1. The van der Waals surface area contributed by atoms with Crippen LogP contribution in [0.15, 0.2) is 41.0 Å². The van der Waals surface area contributed by atoms with Crippen molar-refractivity contribution >= 4 is 0 Å². The molecule has 0 saturated carbocycles. The fraction of sp³-hybridized carbons (Fsp3) is 0.214. The van der Waals surface area contributed by atoms with Crippen LogP contribution in [0.5, 0.6) is 0 Å². The molecule has 1 N–H and O–H groups in total. The maximum absolute atomic E-state index is 13.6. The van der Waals surface area contributed by atoms with Crippen LogP contribution in [0.2, 0.25) is 0 Å². The van der Waals surface area contributed by atoms with Gasteiger partial charge in [-0.3, -0.25) is 0 Å². The topological polar surface area (TPSA) is 49.0 Å². The highest BCUT2D eigenvalue weighted by Gasteiger charge is 2.09. The lowest BCUT2D eigenvalue weighted by Crippen LogP contribution is -2.18. The van der Waals surface area contributed by atoms with Crippen molar-refractivity contribution < 1.29 is 8.81 Å². The molecule has 1 atom stereocenters. The molecule has 18 heavy (non-hydrogen) atoms. The summed E-state index contributed by atoms with van der Waals surface area (Å²) < 4.78 is 18.9. The summed E-state index contributed by atoms with van der Waals surface area (Å²) in [5, 5.41) is 11.8. The zero-order chi connectivity index (χ0) is 13.0. The van der Waals surface area contributed by atoms with Crippen LogP contribution in [0.4, 0.5) is 4.39 Å². The van der Waals surface area contributed by atoms with E-state index in [1.54, 1.807) is 18.4 Å². The van der Waals surface area contributed by atoms with Gasteiger partial charge in [-0.25, -0.2) is 4.39 Å². The van der Waals surface area contributed by atoms with Crippen LogP contribution in [-0.2, 0) is 6.54 Å². The molecule has 0 aliphatic carbocycles. The summed E-state index contributed by atoms with van der Waals surface area (Å²) in [4.78, 5) is 0. The molecule has 0 bridgehead atoms. The Balaban J connectivity index is 2.00. The average molecular weight is 244 g/mol. The molecule has 0 aliphatic rings. The molecule has 0 spiro atoms. The third-order valence-corrected chi connectivity index (χ3v) is 2.75. The van der Waals surface area contributed by atoms with Crippen LogP contribution >= 0.6 is 0 Å². The van der Waals surface area contributed by atoms with Crippen molar-refractivity contribution in [3.63, 3.8) is 0 Å². The summed E-state index contributed by atoms with van der Waals surface area (Å²) in [6, 6.07) is 10.1. The first-order valence-corrected chi connectivity index (χ1v) is 5.66. The minimum absolute atomic E-state index is 0.00930. The van der Waals surface area contributed by atoms with Gasteiger partial charge in [-0.1, -0.05) is 6.07 Å². The van der Waals surface area contributed by atoms with Gasteiger partial charge in [0.2, 0.25) is 0 Å². The van der Waals surface area contributed by atoms with E-state index in [9.17, 15) is 4.39 Å². The first-order valence-electron chi connectivity index (χ1n) is 5.66. The summed E-state index contributed by atoms with van der Waals surface area (Å²) in [6.07, 6.45) is 1.61. The van der Waals surface area contributed by atoms with Gasteiger partial charge >= 0.3 is 0 Å². The zero-order valence-electron chi connectivity index (χ0n) is 9.98. The van der Waals surface area contributed by atoms with E-state index in [0.717, 1.165) is 5.76 Å². The minimum Gasteiger partial charge on any atom is -0.468 e. The monoisotopic (exact) mass is 244 g/mol. The van der Waals surface area contributed by atoms with Gasteiger partial charge in [-0.05, 0) is 31.2 Å². The van der Waals surface area contributed by atoms with Crippen LogP contribution in [0.1, 0.15) is 29.9 Å². The molecule has 92 valence electrons. The molecule has 0 unspecified atom stereocenters. The third-order valence-electron chi connectivity index (χ3n) is 2.75. The van der Waals surface area contributed by atoms with E-state index in [4.69, 9.17) is 9.68 Å². The van der Waals surface area contributed by atoms with E-state index in [-0.39, 0.29) is 11.9 Å². The molecular weight excluding hydrogens is 231 g/mol. The Morgan fingerprint density at radius 3 is 2.89 bits per heavy atom. The second-order valence-electron chi connectivity index (χ2n) is 4.04. The molecule has 1 aromatic carbocycles. The van der Waals surface area contributed by atoms with Gasteiger partial charge in [-0.15, -0.1) is 0 Å². The van der Waals surface area contributed by atoms with Gasteiger partial charge in [0.1, 0.15) is 11.6 Å². The first-order chi connectivity index (χ1) is 8.70. The van der Waals surface area contributed by atoms with Crippen molar-refractivity contribution in [1.82, 2.24) is 5.32 Å². The van der Waals surface area contributed by atoms with Crippen LogP contribution < -0.4 is 5.32 Å². The molecule has 0 radical (unpaired) electrons. The van der Waals surface area contributed by atoms with Gasteiger partial charge in [0.25, 0.3) is 0 Å². The van der Waals surface area contributed by atoms with Gasteiger partial charge in [0.05, 0.1) is 23.9 Å². The fourth-order valence-electron chi connectivity index (χ4n) is 1.66. The molecule has 0 saturated heterocycles. The highest BCUT2D eigenvalue weighted by atomic mass is 19.1. The Hall–Kier alpha value is -2.12. The van der Waals surface area contributed by atoms with Crippen molar-refractivity contribution in [2.45, 2.75) is 19.5 Å². The van der Waals surface area contributed by atoms with Crippen molar-refractivity contribution in [1.29, 1.82) is 5.26 Å². The Morgan fingerprint density at radius 2 is 2.28 bits per heavy atom. The lowest BCUT2D eigenvalue weighted by Gasteiger charge is -2.11. The third kappa shape index (κ3) is 2.76. The summed E-state index contributed by atoms with van der Waals surface area (Å²) >= 11 is 0. The number of halogens is 1. The SMILES string of the molecule is C[C@H](NCc1ccc(C#N)cc1F)c1ccco1. The molecule has 2 rings (SSSR count). The van der Waals surface area contributed by atoms with Crippen LogP contribution in [0, 0.1) is 17.1 Å². The number of hydrogen-bond donors (Lipinski definition) is 1. The molecule has 1 heterocycles. The number of nitriles is 1. The second-order valence-corrected chi connectivity index (χ2v) is 4.04. The quantitative estimate of drug-likeness (QED) is 0.898. The minimum atomic E-state index is -0.367. The summed E-state index contributed by atoms with van der Waals surface area (Å²) in [6.45, 7) is 2.33. The molecule has 0 amide bonds. The number of nitrogens with one attached hydrogen (secondary N) is 1. The smallest absolute Gasteiger partial charge is 0.129 e. The van der Waals surface area contributed by atoms with Gasteiger partial charge < -0.3 is 9.73 Å². The lowest BCUT2D eigenvalue weighted by atomic mass is 10.1. The normalized spacial score (nSPS) is 12.1. The first kappa shape index (κ1) is 12.3. The van der Waals surface area contributed by atoms with E-state index in [0.29, 0.717) is 17.7 Å². The Morgan fingerprint density at radius 1 is 1.44 bits per heavy atom. The Kier molecular flexibility index (Phi) is 3.75. The van der Waals surface area contributed by atoms with Crippen molar-refractivity contribution in [2.24, 2.45) is 0 Å². The summed E-state index contributed by atoms with van der Waals surface area (Å²) in [5.41, 5.74) is 0.864. The second kappa shape index (κ2) is 5.48. The molecule has 0 aliphatic heterocycles. The van der Waals surface area contributed by atoms with E-state index in [2.05, 4.69) is 5.32 Å². The number of furan rings is 1. The Bertz CT molecular complexity index is 558. The zero-order valence-corrected chi connectivity index (χ0v) is 9.98. The number of hydrogen-bond acceptors (Lipinski definition) is 3. The van der Waals surface area contributed by atoms with E-state index in [1.165, 1.54) is 6.07 Å². The standard InChI is InChI=1S/C14H13FN2O/c1-10(14-3-2-6-18-14)17-9-12-5-4-11(8-16)7-13(12)15/h2-7,10,17H,9H2,1H3/t10-/m0/s1. The molecular formula is C14H13FN2O. The maximum atomic E-state index is 13.6. The van der Waals surface area contributed by atoms with Crippen LogP contribution in [-0.4, -0.2) is 0 Å². The number of rotatable bonds is 4. The number of benzene rings is 1. The van der Waals surface area contributed by atoms with Gasteiger partial charge in [0.15, 0.2) is 0 Å². The molecule has 2 aromatic rings. The molecule has 0 fully saturated rings. The average Bonchev–Trinajstić information content (AvgIpc) is 2.90. The van der Waals surface area contributed by atoms with Gasteiger partial charge in [-0.2, -0.15) is 5.26 Å². The van der Waals surface area contributed by atoms with Crippen LogP contribution in [0.25, 0.3) is 0 Å². The van der Waals surface area contributed by atoms with Gasteiger partial charge in [0, 0.05) is 12.1 Å². The van der Waals surface area contributed by atoms with Crippen molar-refractivity contribution in [3.05, 3.63) is 59.3 Å². The molecule has 3 nitrogen and oxygen atoms in total. The highest BCUT2D eigenvalue weighted by Crippen LogP contribution is 2.15. The summed E-state index contributed by atoms with van der Waals surface area (Å²) in [7, 11) is 0. The van der Waals surface area contributed by atoms with Crippen LogP contribution in [0.3, 0.4) is 0 Å². The predicted molar refractivity (Wildman–Crippen MR) is 65.1 cm³/mol. The van der Waals surface area contributed by atoms with Crippen molar-refractivity contribution in [3.8, 4) is 6.07 Å². The molecule has 1 aromatic heterocycles. The maximum Gasteiger partial charge on any atom is 0.129 e. The lowest BCUT2D eigenvalue weighted by molar-refractivity contribution is 0.427. The van der Waals surface area contributed by atoms with Crippen molar-refractivity contribution in [2.75, 3.05) is 0 Å². The largest absolute Gasteiger partial charge is 0.468 e. The van der Waals surface area contributed by atoms with E-state index in [1.807, 2.05) is 25.1 Å². The fourth-order valence-corrected chi connectivity index (χ4v) is 1.66. The Labute approximate surface area is 105 Å². The summed E-state index contributed by atoms with van der Waals surface area (Å²) in [5.74, 6) is 0.442. The van der Waals surface area contributed by atoms with E-state index < -0.39 is 0 Å². The molecule has 4 heteroatoms. The van der Waals surface area contributed by atoms with E-state index >= 15 is 0 Å². The highest BCUT2D eigenvalue weighted by molar-refractivity contribution is 5.32.